The SMILES string of the molecule is Cc1ccc2cc(-c3ncnc4c3sc3cc(CC(C)(C)C)ccc34)nc(C(C)(C)C)c2c1. The molecular weight excluding hydrogens is 422 g/mol. The van der Waals surface area contributed by atoms with Gasteiger partial charge in [-0.3, -0.25) is 0 Å². The number of aryl methyl sites for hydroxylation is 1. The van der Waals surface area contributed by atoms with E-state index in [0.29, 0.717) is 0 Å². The minimum Gasteiger partial charge on any atom is -0.250 e. The molecule has 0 spiro atoms. The maximum Gasteiger partial charge on any atom is 0.116 e. The Kier molecular flexibility index (Phi) is 5.06. The first-order chi connectivity index (χ1) is 15.5. The van der Waals surface area contributed by atoms with Gasteiger partial charge in [0.05, 0.1) is 21.6 Å². The van der Waals surface area contributed by atoms with Crippen LogP contribution in [-0.2, 0) is 11.8 Å². The van der Waals surface area contributed by atoms with Gasteiger partial charge in [-0.15, -0.1) is 11.3 Å². The van der Waals surface area contributed by atoms with Crippen molar-refractivity contribution in [2.45, 2.75) is 60.3 Å². The number of nitrogens with zero attached hydrogens (tertiary/aromatic N) is 3. The minimum absolute atomic E-state index is 0.0732. The molecule has 3 nitrogen and oxygen atoms in total. The van der Waals surface area contributed by atoms with E-state index >= 15 is 0 Å². The zero-order valence-electron chi connectivity index (χ0n) is 20.6. The maximum absolute atomic E-state index is 5.19. The van der Waals surface area contributed by atoms with Crippen molar-refractivity contribution < 1.29 is 0 Å². The van der Waals surface area contributed by atoms with Gasteiger partial charge in [-0.2, -0.15) is 0 Å². The quantitative estimate of drug-likeness (QED) is 0.270. The molecule has 0 aliphatic heterocycles. The summed E-state index contributed by atoms with van der Waals surface area (Å²) in [6, 6.07) is 15.6. The third kappa shape index (κ3) is 4.13. The zero-order valence-corrected chi connectivity index (χ0v) is 21.4. The van der Waals surface area contributed by atoms with Crippen molar-refractivity contribution in [1.82, 2.24) is 15.0 Å². The lowest BCUT2D eigenvalue weighted by Gasteiger charge is -2.21. The minimum atomic E-state index is -0.0732. The smallest absolute Gasteiger partial charge is 0.116 e. The van der Waals surface area contributed by atoms with Crippen molar-refractivity contribution in [3.05, 3.63) is 65.6 Å². The number of rotatable bonds is 2. The van der Waals surface area contributed by atoms with Gasteiger partial charge in [0.2, 0.25) is 0 Å². The molecule has 0 atom stereocenters. The molecule has 0 amide bonds. The van der Waals surface area contributed by atoms with E-state index in [0.717, 1.165) is 33.7 Å². The average Bonchev–Trinajstić information content (AvgIpc) is 3.08. The standard InChI is InChI=1S/C29H31N3S/c1-17-8-10-19-14-22(32-27(21(19)12-17)29(5,6)7)25-26-24(30-16-31-25)20-11-9-18(13-23(20)33-26)15-28(2,3)4/h8-14,16H,15H2,1-7H3. The van der Waals surface area contributed by atoms with Gasteiger partial charge in [0, 0.05) is 20.9 Å². The lowest BCUT2D eigenvalue weighted by molar-refractivity contribution is 0.411. The molecule has 0 saturated heterocycles. The van der Waals surface area contributed by atoms with Crippen LogP contribution in [0.15, 0.2) is 48.8 Å². The molecule has 0 N–H and O–H groups in total. The normalized spacial score (nSPS) is 12.8. The van der Waals surface area contributed by atoms with Crippen molar-refractivity contribution in [2.75, 3.05) is 0 Å². The molecule has 33 heavy (non-hydrogen) atoms. The van der Waals surface area contributed by atoms with E-state index in [1.165, 1.54) is 32.0 Å². The van der Waals surface area contributed by atoms with Crippen LogP contribution in [0.5, 0.6) is 0 Å². The highest BCUT2D eigenvalue weighted by Crippen LogP contribution is 2.40. The van der Waals surface area contributed by atoms with Crippen LogP contribution in [0.2, 0.25) is 0 Å². The Morgan fingerprint density at radius 3 is 2.36 bits per heavy atom. The van der Waals surface area contributed by atoms with Crippen LogP contribution in [0, 0.1) is 12.3 Å². The fourth-order valence-electron chi connectivity index (χ4n) is 4.58. The largest absolute Gasteiger partial charge is 0.250 e. The maximum atomic E-state index is 5.19. The Labute approximate surface area is 199 Å². The summed E-state index contributed by atoms with van der Waals surface area (Å²) in [4.78, 5) is 14.6. The van der Waals surface area contributed by atoms with Crippen LogP contribution in [0.1, 0.15) is 58.4 Å². The predicted octanol–water partition coefficient (Wildman–Crippen LogP) is 8.25. The highest BCUT2D eigenvalue weighted by molar-refractivity contribution is 7.26. The fourth-order valence-corrected chi connectivity index (χ4v) is 5.80. The number of aromatic nitrogens is 3. The van der Waals surface area contributed by atoms with Crippen LogP contribution in [0.3, 0.4) is 0 Å². The van der Waals surface area contributed by atoms with Crippen LogP contribution in [0.4, 0.5) is 0 Å². The number of hydrogen-bond acceptors (Lipinski definition) is 4. The van der Waals surface area contributed by atoms with E-state index in [9.17, 15) is 0 Å². The first kappa shape index (κ1) is 22.0. The topological polar surface area (TPSA) is 38.7 Å². The lowest BCUT2D eigenvalue weighted by atomic mass is 9.87. The summed E-state index contributed by atoms with van der Waals surface area (Å²) in [6.45, 7) is 15.7. The van der Waals surface area contributed by atoms with E-state index in [1.54, 1.807) is 17.7 Å². The van der Waals surface area contributed by atoms with Gasteiger partial charge in [0.1, 0.15) is 12.0 Å². The molecule has 5 rings (SSSR count). The molecule has 4 heteroatoms. The summed E-state index contributed by atoms with van der Waals surface area (Å²) < 4.78 is 2.38. The third-order valence-electron chi connectivity index (χ3n) is 5.99. The Bertz CT molecular complexity index is 1510. The van der Waals surface area contributed by atoms with Gasteiger partial charge >= 0.3 is 0 Å². The third-order valence-corrected chi connectivity index (χ3v) is 7.14. The lowest BCUT2D eigenvalue weighted by Crippen LogP contribution is -2.15. The highest BCUT2D eigenvalue weighted by Gasteiger charge is 2.22. The molecule has 0 aliphatic rings. The van der Waals surface area contributed by atoms with Crippen molar-refractivity contribution in [2.24, 2.45) is 5.41 Å². The van der Waals surface area contributed by atoms with Gasteiger partial charge in [-0.25, -0.2) is 15.0 Å². The first-order valence-electron chi connectivity index (χ1n) is 11.6. The summed E-state index contributed by atoms with van der Waals surface area (Å²) >= 11 is 1.78. The van der Waals surface area contributed by atoms with E-state index in [4.69, 9.17) is 9.97 Å². The van der Waals surface area contributed by atoms with E-state index in [-0.39, 0.29) is 10.8 Å². The number of fused-ring (bicyclic) bond motifs is 4. The summed E-state index contributed by atoms with van der Waals surface area (Å²) in [5.41, 5.74) is 6.77. The number of thiophene rings is 1. The molecule has 3 aromatic heterocycles. The number of hydrogen-bond donors (Lipinski definition) is 0. The van der Waals surface area contributed by atoms with Gasteiger partial charge in [0.15, 0.2) is 0 Å². The molecule has 0 fully saturated rings. The Morgan fingerprint density at radius 1 is 0.848 bits per heavy atom. The van der Waals surface area contributed by atoms with Crippen molar-refractivity contribution in [3.8, 4) is 11.4 Å². The molecule has 0 radical (unpaired) electrons. The van der Waals surface area contributed by atoms with Gasteiger partial charge in [-0.1, -0.05) is 71.4 Å². The summed E-state index contributed by atoms with van der Waals surface area (Å²) in [6.07, 6.45) is 2.74. The fraction of sp³-hybridized carbons (Fsp3) is 0.345. The monoisotopic (exact) mass is 453 g/mol. The highest BCUT2D eigenvalue weighted by atomic mass is 32.1. The van der Waals surface area contributed by atoms with E-state index in [2.05, 4.69) is 95.9 Å². The van der Waals surface area contributed by atoms with Crippen LogP contribution >= 0.6 is 11.3 Å². The van der Waals surface area contributed by atoms with Crippen LogP contribution < -0.4 is 0 Å². The summed E-state index contributed by atoms with van der Waals surface area (Å²) in [5, 5.41) is 3.62. The van der Waals surface area contributed by atoms with E-state index < -0.39 is 0 Å². The van der Waals surface area contributed by atoms with Crippen LogP contribution in [-0.4, -0.2) is 15.0 Å². The Hall–Kier alpha value is -2.85. The second-order valence-corrected chi connectivity index (χ2v) is 12.5. The van der Waals surface area contributed by atoms with Crippen molar-refractivity contribution in [3.63, 3.8) is 0 Å². The van der Waals surface area contributed by atoms with Gasteiger partial charge in [0.25, 0.3) is 0 Å². The first-order valence-corrected chi connectivity index (χ1v) is 12.4. The molecule has 0 aliphatic carbocycles. The number of pyridine rings is 1. The molecule has 168 valence electrons. The van der Waals surface area contributed by atoms with Gasteiger partial charge in [-0.05, 0) is 47.9 Å². The zero-order chi connectivity index (χ0) is 23.5. The molecule has 3 heterocycles. The molecule has 0 saturated carbocycles. The second-order valence-electron chi connectivity index (χ2n) is 11.4. The average molecular weight is 454 g/mol. The molecule has 0 bridgehead atoms. The molecule has 0 unspecified atom stereocenters. The summed E-state index contributed by atoms with van der Waals surface area (Å²) in [7, 11) is 0. The number of benzene rings is 2. The summed E-state index contributed by atoms with van der Waals surface area (Å²) in [5.74, 6) is 0. The molecule has 2 aromatic carbocycles. The molecule has 5 aromatic rings. The van der Waals surface area contributed by atoms with Crippen molar-refractivity contribution in [1.29, 1.82) is 0 Å². The van der Waals surface area contributed by atoms with Gasteiger partial charge < -0.3 is 0 Å². The second kappa shape index (κ2) is 7.59. The van der Waals surface area contributed by atoms with Crippen molar-refractivity contribution >= 4 is 42.4 Å². The van der Waals surface area contributed by atoms with Crippen LogP contribution in [0.25, 0.3) is 42.5 Å². The Balaban J connectivity index is 1.74. The Morgan fingerprint density at radius 2 is 1.64 bits per heavy atom. The predicted molar refractivity (Wildman–Crippen MR) is 142 cm³/mol. The van der Waals surface area contributed by atoms with E-state index in [1.807, 2.05) is 0 Å². The molecular formula is C29H31N3S.